The summed E-state index contributed by atoms with van der Waals surface area (Å²) >= 11 is 0. The molecule has 9 heteroatoms. The monoisotopic (exact) mass is 308 g/mol. The third-order valence-corrected chi connectivity index (χ3v) is 3.43. The van der Waals surface area contributed by atoms with E-state index >= 15 is 0 Å². The molecule has 22 heavy (non-hydrogen) atoms. The Kier molecular flexibility index (Phi) is 4.87. The molecule has 2 N–H and O–H groups in total. The summed E-state index contributed by atoms with van der Waals surface area (Å²) in [5.41, 5.74) is 5.29. The summed E-state index contributed by atoms with van der Waals surface area (Å²) in [4.78, 5) is 38.6. The number of nitro groups is 1. The maximum atomic E-state index is 12.2. The van der Waals surface area contributed by atoms with Crippen LogP contribution in [-0.4, -0.2) is 45.8 Å². The first kappa shape index (κ1) is 15.7. The number of likely N-dealkylation sites (tertiary alicyclic amines) is 1. The lowest BCUT2D eigenvalue weighted by atomic mass is 10.0. The van der Waals surface area contributed by atoms with E-state index in [1.165, 1.54) is 23.2 Å². The van der Waals surface area contributed by atoms with Crippen LogP contribution in [0.15, 0.2) is 18.3 Å². The van der Waals surface area contributed by atoms with Gasteiger partial charge in [0.15, 0.2) is 6.61 Å². The Morgan fingerprint density at radius 2 is 2.27 bits per heavy atom. The predicted octanol–water partition coefficient (Wildman–Crippen LogP) is 0.235. The van der Waals surface area contributed by atoms with Crippen LogP contribution in [0.1, 0.15) is 19.3 Å². The fraction of sp³-hybridized carbons (Fsp3) is 0.462. The lowest BCUT2D eigenvalue weighted by molar-refractivity contribution is -0.390. The van der Waals surface area contributed by atoms with E-state index in [2.05, 4.69) is 4.98 Å². The van der Waals surface area contributed by atoms with Gasteiger partial charge >= 0.3 is 5.82 Å². The van der Waals surface area contributed by atoms with Crippen LogP contribution >= 0.6 is 0 Å². The third kappa shape index (κ3) is 3.48. The van der Waals surface area contributed by atoms with Crippen molar-refractivity contribution in [3.05, 3.63) is 28.4 Å². The lowest BCUT2D eigenvalue weighted by Gasteiger charge is -2.33. The molecule has 0 aliphatic carbocycles. The van der Waals surface area contributed by atoms with Crippen molar-refractivity contribution < 1.29 is 19.2 Å². The number of carbonyl (C=O) groups excluding carboxylic acids is 2. The van der Waals surface area contributed by atoms with Gasteiger partial charge in [0.1, 0.15) is 12.2 Å². The Balaban J connectivity index is 2.03. The molecule has 0 bridgehead atoms. The standard InChI is InChI=1S/C13H16N4O5/c14-12(19)9-4-1-2-7-16(9)11(18)8-22-10-5-3-6-15-13(10)17(20)21/h3,5-6,9H,1-2,4,7-8H2,(H2,14,19)/t9-/m1/s1. The SMILES string of the molecule is NC(=O)[C@H]1CCCCN1C(=O)COc1cccnc1[N+](=O)[O-]. The molecule has 2 rings (SSSR count). The van der Waals surface area contributed by atoms with Crippen LogP contribution in [0.4, 0.5) is 5.82 Å². The molecule has 0 spiro atoms. The second-order valence-electron chi connectivity index (χ2n) is 4.87. The second-order valence-corrected chi connectivity index (χ2v) is 4.87. The first-order chi connectivity index (χ1) is 10.5. The Morgan fingerprint density at radius 3 is 2.95 bits per heavy atom. The minimum absolute atomic E-state index is 0.0894. The van der Waals surface area contributed by atoms with Crippen molar-refractivity contribution in [1.82, 2.24) is 9.88 Å². The van der Waals surface area contributed by atoms with Gasteiger partial charge < -0.3 is 25.5 Å². The fourth-order valence-corrected chi connectivity index (χ4v) is 2.38. The third-order valence-electron chi connectivity index (χ3n) is 3.43. The number of nitrogens with zero attached hydrogens (tertiary/aromatic N) is 3. The fourth-order valence-electron chi connectivity index (χ4n) is 2.38. The number of nitrogens with two attached hydrogens (primary N) is 1. The van der Waals surface area contributed by atoms with Crippen molar-refractivity contribution in [2.24, 2.45) is 5.73 Å². The second kappa shape index (κ2) is 6.83. The van der Waals surface area contributed by atoms with Crippen molar-refractivity contribution in [1.29, 1.82) is 0 Å². The average molecular weight is 308 g/mol. The highest BCUT2D eigenvalue weighted by Gasteiger charge is 2.31. The first-order valence-electron chi connectivity index (χ1n) is 6.81. The number of hydrogen-bond donors (Lipinski definition) is 1. The van der Waals surface area contributed by atoms with E-state index in [0.29, 0.717) is 13.0 Å². The topological polar surface area (TPSA) is 129 Å². The molecular weight excluding hydrogens is 292 g/mol. The van der Waals surface area contributed by atoms with E-state index in [1.54, 1.807) is 0 Å². The van der Waals surface area contributed by atoms with E-state index in [9.17, 15) is 19.7 Å². The maximum absolute atomic E-state index is 12.2. The quantitative estimate of drug-likeness (QED) is 0.612. The minimum atomic E-state index is -0.688. The van der Waals surface area contributed by atoms with E-state index in [-0.39, 0.29) is 5.75 Å². The Hall–Kier alpha value is -2.71. The van der Waals surface area contributed by atoms with E-state index in [1.807, 2.05) is 0 Å². The van der Waals surface area contributed by atoms with Crippen LogP contribution in [-0.2, 0) is 9.59 Å². The molecule has 2 amide bonds. The number of amides is 2. The van der Waals surface area contributed by atoms with Gasteiger partial charge in [0, 0.05) is 6.54 Å². The molecule has 9 nitrogen and oxygen atoms in total. The van der Waals surface area contributed by atoms with Gasteiger partial charge in [-0.05, 0) is 41.3 Å². The number of aromatic nitrogens is 1. The molecule has 2 heterocycles. The van der Waals surface area contributed by atoms with Crippen LogP contribution < -0.4 is 10.5 Å². The summed E-state index contributed by atoms with van der Waals surface area (Å²) < 4.78 is 5.19. The molecule has 1 aromatic heterocycles. The number of ether oxygens (including phenoxy) is 1. The number of rotatable bonds is 5. The molecule has 118 valence electrons. The van der Waals surface area contributed by atoms with Crippen molar-refractivity contribution >= 4 is 17.6 Å². The van der Waals surface area contributed by atoms with Gasteiger partial charge in [-0.25, -0.2) is 0 Å². The van der Waals surface area contributed by atoms with Crippen LogP contribution in [0.2, 0.25) is 0 Å². The Morgan fingerprint density at radius 1 is 1.50 bits per heavy atom. The van der Waals surface area contributed by atoms with Crippen LogP contribution in [0, 0.1) is 10.1 Å². The molecular formula is C13H16N4O5. The highest BCUT2D eigenvalue weighted by atomic mass is 16.6. The number of carbonyl (C=O) groups is 2. The molecule has 1 atom stereocenters. The number of pyridine rings is 1. The molecule has 1 aliphatic rings. The summed E-state index contributed by atoms with van der Waals surface area (Å²) in [5, 5.41) is 10.8. The summed E-state index contributed by atoms with van der Waals surface area (Å²) in [6.45, 7) is 0.0151. The molecule has 1 fully saturated rings. The van der Waals surface area contributed by atoms with E-state index in [4.69, 9.17) is 10.5 Å². The molecule has 0 unspecified atom stereocenters. The zero-order chi connectivity index (χ0) is 16.1. The van der Waals surface area contributed by atoms with Crippen molar-refractivity contribution in [3.63, 3.8) is 0 Å². The predicted molar refractivity (Wildman–Crippen MR) is 74.9 cm³/mol. The molecule has 0 saturated carbocycles. The zero-order valence-electron chi connectivity index (χ0n) is 11.8. The van der Waals surface area contributed by atoms with Crippen molar-refractivity contribution in [3.8, 4) is 5.75 Å². The Bertz CT molecular complexity index is 592. The molecule has 1 saturated heterocycles. The van der Waals surface area contributed by atoms with Gasteiger partial charge in [-0.15, -0.1) is 0 Å². The van der Waals surface area contributed by atoms with Crippen LogP contribution in [0.25, 0.3) is 0 Å². The Labute approximate surface area is 126 Å². The maximum Gasteiger partial charge on any atom is 0.406 e. The molecule has 0 aromatic carbocycles. The van der Waals surface area contributed by atoms with Crippen molar-refractivity contribution in [2.75, 3.05) is 13.2 Å². The van der Waals surface area contributed by atoms with Crippen LogP contribution in [0.5, 0.6) is 5.75 Å². The average Bonchev–Trinajstić information content (AvgIpc) is 2.52. The van der Waals surface area contributed by atoms with Crippen molar-refractivity contribution in [2.45, 2.75) is 25.3 Å². The normalized spacial score (nSPS) is 17.8. The van der Waals surface area contributed by atoms with Gasteiger partial charge in [0.25, 0.3) is 5.91 Å². The van der Waals surface area contributed by atoms with Gasteiger partial charge in [-0.3, -0.25) is 9.59 Å². The number of piperidine rings is 1. The highest BCUT2D eigenvalue weighted by Crippen LogP contribution is 2.23. The summed E-state index contributed by atoms with van der Waals surface area (Å²) in [5.74, 6) is -1.53. The summed E-state index contributed by atoms with van der Waals surface area (Å²) in [6, 6.07) is 2.19. The molecule has 1 aromatic rings. The lowest BCUT2D eigenvalue weighted by Crippen LogP contribution is -2.51. The summed E-state index contributed by atoms with van der Waals surface area (Å²) in [7, 11) is 0. The van der Waals surface area contributed by atoms with Crippen LogP contribution in [0.3, 0.4) is 0 Å². The first-order valence-corrected chi connectivity index (χ1v) is 6.81. The summed E-state index contributed by atoms with van der Waals surface area (Å²) in [6.07, 6.45) is 3.39. The number of primary amides is 1. The van der Waals surface area contributed by atoms with E-state index in [0.717, 1.165) is 12.8 Å². The zero-order valence-corrected chi connectivity index (χ0v) is 11.8. The van der Waals surface area contributed by atoms with Gasteiger partial charge in [0.05, 0.1) is 0 Å². The molecule has 0 radical (unpaired) electrons. The minimum Gasteiger partial charge on any atom is -0.476 e. The van der Waals surface area contributed by atoms with Gasteiger partial charge in [-0.2, -0.15) is 0 Å². The van der Waals surface area contributed by atoms with Gasteiger partial charge in [0.2, 0.25) is 11.7 Å². The number of hydrogen-bond acceptors (Lipinski definition) is 6. The van der Waals surface area contributed by atoms with Gasteiger partial charge in [-0.1, -0.05) is 0 Å². The van der Waals surface area contributed by atoms with E-state index < -0.39 is 35.2 Å². The largest absolute Gasteiger partial charge is 0.476 e. The smallest absolute Gasteiger partial charge is 0.406 e. The molecule has 1 aliphatic heterocycles. The highest BCUT2D eigenvalue weighted by molar-refractivity contribution is 5.87.